The van der Waals surface area contributed by atoms with E-state index >= 15 is 0 Å². The third kappa shape index (κ3) is 1.54. The Morgan fingerprint density at radius 2 is 2.36 bits per heavy atom. The second-order valence-electron chi connectivity index (χ2n) is 2.80. The van der Waals surface area contributed by atoms with Crippen LogP contribution >= 0.6 is 22.9 Å². The summed E-state index contributed by atoms with van der Waals surface area (Å²) in [5, 5.41) is 5.52. The maximum Gasteiger partial charge on any atom is 0.143 e. The molecule has 0 unspecified atom stereocenters. The smallest absolute Gasteiger partial charge is 0.143 e. The van der Waals surface area contributed by atoms with Gasteiger partial charge in [0.1, 0.15) is 10.7 Å². The van der Waals surface area contributed by atoms with Crippen molar-refractivity contribution in [1.29, 1.82) is 0 Å². The Balaban J connectivity index is 2.48. The normalized spacial score (nSPS) is 10.8. The average Bonchev–Trinajstić information content (AvgIpc) is 2.73. The number of aromatic nitrogens is 3. The van der Waals surface area contributed by atoms with Gasteiger partial charge < -0.3 is 5.73 Å². The summed E-state index contributed by atoms with van der Waals surface area (Å²) >= 11 is 7.52. The van der Waals surface area contributed by atoms with Crippen molar-refractivity contribution < 1.29 is 0 Å². The van der Waals surface area contributed by atoms with Crippen molar-refractivity contribution in [3.05, 3.63) is 22.3 Å². The molecule has 2 N–H and O–H groups in total. The molecule has 74 valence electrons. The lowest BCUT2D eigenvalue weighted by Gasteiger charge is -1.96. The molecule has 2 aromatic heterocycles. The molecule has 0 aromatic carbocycles. The van der Waals surface area contributed by atoms with Crippen molar-refractivity contribution >= 4 is 22.9 Å². The second-order valence-corrected chi connectivity index (χ2v) is 4.32. The van der Waals surface area contributed by atoms with Crippen LogP contribution < -0.4 is 5.73 Å². The van der Waals surface area contributed by atoms with Gasteiger partial charge in [-0.3, -0.25) is 4.68 Å². The molecule has 2 aromatic rings. The van der Waals surface area contributed by atoms with E-state index < -0.39 is 0 Å². The van der Waals surface area contributed by atoms with Gasteiger partial charge >= 0.3 is 0 Å². The molecule has 14 heavy (non-hydrogen) atoms. The fourth-order valence-corrected chi connectivity index (χ4v) is 2.36. The number of nitrogens with two attached hydrogens (primary N) is 1. The second kappa shape index (κ2) is 3.68. The highest BCUT2D eigenvalue weighted by atomic mass is 35.5. The Morgan fingerprint density at radius 1 is 1.57 bits per heavy atom. The summed E-state index contributed by atoms with van der Waals surface area (Å²) in [5.41, 5.74) is 6.35. The van der Waals surface area contributed by atoms with E-state index in [1.54, 1.807) is 17.1 Å². The third-order valence-electron chi connectivity index (χ3n) is 1.85. The first kappa shape index (κ1) is 9.64. The first-order valence-electron chi connectivity index (χ1n) is 4.05. The standard InChI is InChI=1S/C8H9ClN4S/c1-13-7(6(9)4-12-13)8-11-3-5(2-10)14-8/h3-4H,2,10H2,1H3. The number of nitrogens with zero attached hydrogens (tertiary/aromatic N) is 3. The van der Waals surface area contributed by atoms with Crippen LogP contribution in [0.25, 0.3) is 10.7 Å². The van der Waals surface area contributed by atoms with E-state index in [1.807, 2.05) is 7.05 Å². The average molecular weight is 229 g/mol. The molecular formula is C8H9ClN4S. The van der Waals surface area contributed by atoms with E-state index in [2.05, 4.69) is 10.1 Å². The zero-order valence-electron chi connectivity index (χ0n) is 7.57. The molecule has 0 atom stereocenters. The van der Waals surface area contributed by atoms with Crippen LogP contribution in [-0.4, -0.2) is 14.8 Å². The maximum atomic E-state index is 5.98. The SMILES string of the molecule is Cn1ncc(Cl)c1-c1ncc(CN)s1. The molecule has 4 nitrogen and oxygen atoms in total. The number of hydrogen-bond donors (Lipinski definition) is 1. The van der Waals surface area contributed by atoms with E-state index in [0.29, 0.717) is 11.6 Å². The summed E-state index contributed by atoms with van der Waals surface area (Å²) in [6.07, 6.45) is 3.38. The summed E-state index contributed by atoms with van der Waals surface area (Å²) in [6.45, 7) is 0.507. The lowest BCUT2D eigenvalue weighted by Crippen LogP contribution is -1.92. The zero-order chi connectivity index (χ0) is 10.1. The summed E-state index contributed by atoms with van der Waals surface area (Å²) in [6, 6.07) is 0. The van der Waals surface area contributed by atoms with Crippen LogP contribution in [-0.2, 0) is 13.6 Å². The number of halogens is 1. The van der Waals surface area contributed by atoms with Gasteiger partial charge in [-0.2, -0.15) is 5.10 Å². The molecule has 0 aliphatic carbocycles. The van der Waals surface area contributed by atoms with E-state index in [4.69, 9.17) is 17.3 Å². The highest BCUT2D eigenvalue weighted by Gasteiger charge is 2.12. The topological polar surface area (TPSA) is 56.7 Å². The van der Waals surface area contributed by atoms with Gasteiger partial charge in [0.2, 0.25) is 0 Å². The Labute approximate surface area is 90.3 Å². The first-order valence-corrected chi connectivity index (χ1v) is 5.24. The van der Waals surface area contributed by atoms with Gasteiger partial charge in [-0.1, -0.05) is 11.6 Å². The molecule has 0 bridgehead atoms. The summed E-state index contributed by atoms with van der Waals surface area (Å²) in [4.78, 5) is 5.28. The van der Waals surface area contributed by atoms with E-state index in [0.717, 1.165) is 15.6 Å². The fraction of sp³-hybridized carbons (Fsp3) is 0.250. The van der Waals surface area contributed by atoms with Crippen LogP contribution in [0, 0.1) is 0 Å². The quantitative estimate of drug-likeness (QED) is 0.851. The predicted molar refractivity (Wildman–Crippen MR) is 57.2 cm³/mol. The van der Waals surface area contributed by atoms with Crippen molar-refractivity contribution in [1.82, 2.24) is 14.8 Å². The number of aryl methyl sites for hydroxylation is 1. The van der Waals surface area contributed by atoms with Crippen molar-refractivity contribution in [3.8, 4) is 10.7 Å². The van der Waals surface area contributed by atoms with Crippen LogP contribution in [0.4, 0.5) is 0 Å². The van der Waals surface area contributed by atoms with Crippen LogP contribution in [0.1, 0.15) is 4.88 Å². The van der Waals surface area contributed by atoms with E-state index in [1.165, 1.54) is 11.3 Å². The Kier molecular flexibility index (Phi) is 2.54. The third-order valence-corrected chi connectivity index (χ3v) is 3.15. The van der Waals surface area contributed by atoms with Gasteiger partial charge in [0.05, 0.1) is 11.2 Å². The Bertz CT molecular complexity index is 428. The molecule has 2 heterocycles. The summed E-state index contributed by atoms with van der Waals surface area (Å²) < 4.78 is 1.71. The minimum Gasteiger partial charge on any atom is -0.326 e. The molecule has 0 amide bonds. The van der Waals surface area contributed by atoms with Gasteiger partial charge in [0, 0.05) is 24.7 Å². The molecule has 0 radical (unpaired) electrons. The number of thiazole rings is 1. The highest BCUT2D eigenvalue weighted by Crippen LogP contribution is 2.30. The van der Waals surface area contributed by atoms with Gasteiger partial charge in [-0.25, -0.2) is 4.98 Å². The predicted octanol–water partition coefficient (Wildman–Crippen LogP) is 1.66. The van der Waals surface area contributed by atoms with Gasteiger partial charge in [0.25, 0.3) is 0 Å². The zero-order valence-corrected chi connectivity index (χ0v) is 9.14. The minimum absolute atomic E-state index is 0.507. The van der Waals surface area contributed by atoms with Crippen molar-refractivity contribution in [2.75, 3.05) is 0 Å². The Morgan fingerprint density at radius 3 is 2.86 bits per heavy atom. The minimum atomic E-state index is 0.507. The molecule has 2 rings (SSSR count). The number of rotatable bonds is 2. The van der Waals surface area contributed by atoms with Gasteiger partial charge in [-0.15, -0.1) is 11.3 Å². The van der Waals surface area contributed by atoms with Crippen LogP contribution in [0.2, 0.25) is 5.02 Å². The molecule has 0 aliphatic rings. The maximum absolute atomic E-state index is 5.98. The van der Waals surface area contributed by atoms with Crippen LogP contribution in [0.15, 0.2) is 12.4 Å². The van der Waals surface area contributed by atoms with Gasteiger partial charge in [0.15, 0.2) is 0 Å². The first-order chi connectivity index (χ1) is 6.72. The molecular weight excluding hydrogens is 220 g/mol. The lowest BCUT2D eigenvalue weighted by atomic mass is 10.4. The molecule has 6 heteroatoms. The molecule has 0 saturated carbocycles. The van der Waals surface area contributed by atoms with Crippen molar-refractivity contribution in [3.63, 3.8) is 0 Å². The van der Waals surface area contributed by atoms with Gasteiger partial charge in [-0.05, 0) is 0 Å². The molecule has 0 aliphatic heterocycles. The van der Waals surface area contributed by atoms with Crippen molar-refractivity contribution in [2.45, 2.75) is 6.54 Å². The van der Waals surface area contributed by atoms with Crippen LogP contribution in [0.5, 0.6) is 0 Å². The Hall–Kier alpha value is -0.910. The molecule has 0 saturated heterocycles. The van der Waals surface area contributed by atoms with Crippen LogP contribution in [0.3, 0.4) is 0 Å². The monoisotopic (exact) mass is 228 g/mol. The van der Waals surface area contributed by atoms with E-state index in [-0.39, 0.29) is 0 Å². The highest BCUT2D eigenvalue weighted by molar-refractivity contribution is 7.15. The summed E-state index contributed by atoms with van der Waals surface area (Å²) in [5.74, 6) is 0. The van der Waals surface area contributed by atoms with Crippen molar-refractivity contribution in [2.24, 2.45) is 12.8 Å². The fourth-order valence-electron chi connectivity index (χ4n) is 1.16. The largest absolute Gasteiger partial charge is 0.326 e. The number of hydrogen-bond acceptors (Lipinski definition) is 4. The molecule has 0 fully saturated rings. The lowest BCUT2D eigenvalue weighted by molar-refractivity contribution is 0.775. The van der Waals surface area contributed by atoms with E-state index in [9.17, 15) is 0 Å². The summed E-state index contributed by atoms with van der Waals surface area (Å²) in [7, 11) is 1.84. The molecule has 0 spiro atoms.